The molecule has 0 radical (unpaired) electrons. The molecular formula is C11H14BrClN2O. The van der Waals surface area contributed by atoms with Gasteiger partial charge in [0.05, 0.1) is 11.2 Å². The Balaban J connectivity index is 2.89. The Kier molecular flexibility index (Phi) is 4.35. The van der Waals surface area contributed by atoms with Crippen LogP contribution in [0.4, 0.5) is 5.69 Å². The van der Waals surface area contributed by atoms with Gasteiger partial charge in [-0.2, -0.15) is 0 Å². The number of carbonyl (C=O) groups is 1. The fourth-order valence-electron chi connectivity index (χ4n) is 0.985. The number of rotatable bonds is 3. The Bertz CT molecular complexity index is 407. The van der Waals surface area contributed by atoms with Crippen molar-refractivity contribution in [3.63, 3.8) is 0 Å². The molecule has 0 aliphatic heterocycles. The first-order chi connectivity index (χ1) is 7.36. The third kappa shape index (κ3) is 3.20. The van der Waals surface area contributed by atoms with E-state index in [2.05, 4.69) is 26.6 Å². The van der Waals surface area contributed by atoms with E-state index in [0.717, 1.165) is 4.47 Å². The molecule has 0 unspecified atom stereocenters. The summed E-state index contributed by atoms with van der Waals surface area (Å²) >= 11 is 9.21. The lowest BCUT2D eigenvalue weighted by molar-refractivity contribution is -0.121. The van der Waals surface area contributed by atoms with E-state index in [4.69, 9.17) is 11.6 Å². The second-order valence-corrected chi connectivity index (χ2v) is 5.24. The van der Waals surface area contributed by atoms with Gasteiger partial charge in [-0.25, -0.2) is 0 Å². The van der Waals surface area contributed by atoms with Crippen molar-refractivity contribution < 1.29 is 4.79 Å². The zero-order valence-electron chi connectivity index (χ0n) is 9.40. The molecule has 0 aromatic heterocycles. The lowest BCUT2D eigenvalue weighted by Crippen LogP contribution is -2.47. The molecule has 0 heterocycles. The Labute approximate surface area is 109 Å². The van der Waals surface area contributed by atoms with Crippen molar-refractivity contribution in [2.45, 2.75) is 19.4 Å². The van der Waals surface area contributed by atoms with Crippen molar-refractivity contribution in [3.8, 4) is 0 Å². The van der Waals surface area contributed by atoms with Crippen molar-refractivity contribution in [2.75, 3.05) is 12.4 Å². The molecule has 0 fully saturated rings. The van der Waals surface area contributed by atoms with Crippen molar-refractivity contribution >= 4 is 39.1 Å². The van der Waals surface area contributed by atoms with Gasteiger partial charge in [0.1, 0.15) is 0 Å². The minimum Gasteiger partial charge on any atom is -0.323 e. The molecule has 1 aromatic carbocycles. The molecular weight excluding hydrogens is 291 g/mol. The highest BCUT2D eigenvalue weighted by Crippen LogP contribution is 2.26. The summed E-state index contributed by atoms with van der Waals surface area (Å²) in [5.41, 5.74) is 0.0442. The van der Waals surface area contributed by atoms with Crippen LogP contribution in [-0.2, 0) is 4.79 Å². The average Bonchev–Trinajstić information content (AvgIpc) is 2.23. The fraction of sp³-hybridized carbons (Fsp3) is 0.364. The van der Waals surface area contributed by atoms with Crippen molar-refractivity contribution in [3.05, 3.63) is 27.7 Å². The molecule has 0 saturated carbocycles. The third-order valence-electron chi connectivity index (χ3n) is 2.37. The number of carbonyl (C=O) groups excluding carboxylic acids is 1. The predicted molar refractivity (Wildman–Crippen MR) is 70.9 cm³/mol. The van der Waals surface area contributed by atoms with Gasteiger partial charge in [0.15, 0.2) is 0 Å². The summed E-state index contributed by atoms with van der Waals surface area (Å²) in [6, 6.07) is 5.25. The van der Waals surface area contributed by atoms with Crippen LogP contribution in [0, 0.1) is 0 Å². The zero-order valence-corrected chi connectivity index (χ0v) is 11.7. The van der Waals surface area contributed by atoms with E-state index in [9.17, 15) is 4.79 Å². The molecule has 5 heteroatoms. The Morgan fingerprint density at radius 2 is 2.06 bits per heavy atom. The van der Waals surface area contributed by atoms with Crippen molar-refractivity contribution in [1.82, 2.24) is 5.32 Å². The predicted octanol–water partition coefficient (Wildman–Crippen LogP) is 3.04. The van der Waals surface area contributed by atoms with Crippen LogP contribution in [0.3, 0.4) is 0 Å². The number of amides is 1. The molecule has 0 saturated heterocycles. The van der Waals surface area contributed by atoms with E-state index in [1.807, 2.05) is 0 Å². The molecule has 0 bridgehead atoms. The number of hydrogen-bond acceptors (Lipinski definition) is 2. The second kappa shape index (κ2) is 5.17. The molecule has 1 rings (SSSR count). The largest absolute Gasteiger partial charge is 0.323 e. The first-order valence-corrected chi connectivity index (χ1v) is 5.99. The molecule has 3 nitrogen and oxygen atoms in total. The molecule has 2 N–H and O–H groups in total. The average molecular weight is 306 g/mol. The van der Waals surface area contributed by atoms with E-state index in [-0.39, 0.29) is 5.91 Å². The summed E-state index contributed by atoms with van der Waals surface area (Å²) in [4.78, 5) is 11.9. The van der Waals surface area contributed by atoms with Crippen LogP contribution < -0.4 is 10.6 Å². The van der Waals surface area contributed by atoms with E-state index >= 15 is 0 Å². The quantitative estimate of drug-likeness (QED) is 0.901. The fourth-order valence-corrected chi connectivity index (χ4v) is 1.50. The topological polar surface area (TPSA) is 41.1 Å². The smallest absolute Gasteiger partial charge is 0.244 e. The lowest BCUT2D eigenvalue weighted by Gasteiger charge is -2.23. The molecule has 1 amide bonds. The van der Waals surface area contributed by atoms with Crippen molar-refractivity contribution in [2.24, 2.45) is 0 Å². The highest BCUT2D eigenvalue weighted by Gasteiger charge is 2.25. The van der Waals surface area contributed by atoms with Gasteiger partial charge in [-0.3, -0.25) is 4.79 Å². The van der Waals surface area contributed by atoms with Gasteiger partial charge in [-0.15, -0.1) is 0 Å². The summed E-state index contributed by atoms with van der Waals surface area (Å²) in [5, 5.41) is 6.33. The molecule has 88 valence electrons. The minimum absolute atomic E-state index is 0.113. The minimum atomic E-state index is -0.623. The lowest BCUT2D eigenvalue weighted by atomic mass is 10.1. The van der Waals surface area contributed by atoms with Gasteiger partial charge in [0.25, 0.3) is 0 Å². The summed E-state index contributed by atoms with van der Waals surface area (Å²) < 4.78 is 0.803. The van der Waals surface area contributed by atoms with Crippen LogP contribution in [-0.4, -0.2) is 18.5 Å². The SMILES string of the molecule is CNC(C)(C)C(=O)Nc1cc(Cl)ccc1Br. The number of halogens is 2. The normalized spacial score (nSPS) is 11.3. The van der Waals surface area contributed by atoms with E-state index in [1.165, 1.54) is 0 Å². The maximum Gasteiger partial charge on any atom is 0.244 e. The first kappa shape index (κ1) is 13.5. The Hall–Kier alpha value is -0.580. The van der Waals surface area contributed by atoms with Crippen molar-refractivity contribution in [1.29, 1.82) is 0 Å². The highest BCUT2D eigenvalue weighted by molar-refractivity contribution is 9.10. The first-order valence-electron chi connectivity index (χ1n) is 4.82. The number of hydrogen-bond donors (Lipinski definition) is 2. The summed E-state index contributed by atoms with van der Waals surface area (Å²) in [7, 11) is 1.74. The molecule has 0 atom stereocenters. The molecule has 16 heavy (non-hydrogen) atoms. The van der Waals surface area contributed by atoms with Crippen LogP contribution in [0.1, 0.15) is 13.8 Å². The van der Waals surface area contributed by atoms with E-state index in [0.29, 0.717) is 10.7 Å². The Morgan fingerprint density at radius 1 is 1.44 bits per heavy atom. The van der Waals surface area contributed by atoms with Crippen LogP contribution in [0.5, 0.6) is 0 Å². The molecule has 0 aliphatic carbocycles. The summed E-state index contributed by atoms with van der Waals surface area (Å²) in [6.07, 6.45) is 0. The Morgan fingerprint density at radius 3 is 2.62 bits per heavy atom. The van der Waals surface area contributed by atoms with Crippen LogP contribution in [0.2, 0.25) is 5.02 Å². The second-order valence-electron chi connectivity index (χ2n) is 3.95. The van der Waals surface area contributed by atoms with Gasteiger partial charge in [-0.1, -0.05) is 11.6 Å². The third-order valence-corrected chi connectivity index (χ3v) is 3.30. The maximum absolute atomic E-state index is 11.9. The van der Waals surface area contributed by atoms with Gasteiger partial charge in [-0.05, 0) is 55.0 Å². The summed E-state index contributed by atoms with van der Waals surface area (Å²) in [5.74, 6) is -0.113. The molecule has 0 spiro atoms. The standard InChI is InChI=1S/C11H14BrClN2O/c1-11(2,14-3)10(16)15-9-6-7(13)4-5-8(9)12/h4-6,14H,1-3H3,(H,15,16). The summed E-state index contributed by atoms with van der Waals surface area (Å²) in [6.45, 7) is 3.61. The zero-order chi connectivity index (χ0) is 12.3. The number of benzene rings is 1. The van der Waals surface area contributed by atoms with E-state index in [1.54, 1.807) is 39.1 Å². The van der Waals surface area contributed by atoms with Gasteiger partial charge >= 0.3 is 0 Å². The van der Waals surface area contributed by atoms with Gasteiger partial charge in [0.2, 0.25) is 5.91 Å². The monoisotopic (exact) mass is 304 g/mol. The van der Waals surface area contributed by atoms with Crippen LogP contribution >= 0.6 is 27.5 Å². The van der Waals surface area contributed by atoms with E-state index < -0.39 is 5.54 Å². The maximum atomic E-state index is 11.9. The molecule has 1 aromatic rings. The number of anilines is 1. The van der Waals surface area contributed by atoms with Gasteiger partial charge < -0.3 is 10.6 Å². The molecule has 0 aliphatic rings. The van der Waals surface area contributed by atoms with Gasteiger partial charge in [0, 0.05) is 9.50 Å². The van der Waals surface area contributed by atoms with Crippen LogP contribution in [0.15, 0.2) is 22.7 Å². The number of nitrogens with one attached hydrogen (secondary N) is 2. The number of likely N-dealkylation sites (N-methyl/N-ethyl adjacent to an activating group) is 1. The van der Waals surface area contributed by atoms with Crippen LogP contribution in [0.25, 0.3) is 0 Å². The highest BCUT2D eigenvalue weighted by atomic mass is 79.9.